The fourth-order valence-corrected chi connectivity index (χ4v) is 7.50. The van der Waals surface area contributed by atoms with Crippen LogP contribution in [0.3, 0.4) is 0 Å². The Morgan fingerprint density at radius 1 is 1.27 bits per heavy atom. The molecule has 0 spiro atoms. The number of nitrogens with one attached hydrogen (secondary N) is 1. The van der Waals surface area contributed by atoms with Crippen molar-refractivity contribution in [3.05, 3.63) is 15.9 Å². The van der Waals surface area contributed by atoms with Crippen molar-refractivity contribution in [2.24, 2.45) is 5.92 Å². The lowest BCUT2D eigenvalue weighted by atomic mass is 9.96. The number of nitrogens with zero attached hydrogens (tertiary/aromatic N) is 1. The monoisotopic (exact) mass is 424 g/mol. The van der Waals surface area contributed by atoms with Crippen LogP contribution in [0.25, 0.3) is 0 Å². The highest BCUT2D eigenvalue weighted by Crippen LogP contribution is 2.28. The molecule has 4 nitrogen and oxygen atoms in total. The van der Waals surface area contributed by atoms with Crippen molar-refractivity contribution < 1.29 is 8.42 Å². The average molecular weight is 425 g/mol. The lowest BCUT2D eigenvalue weighted by molar-refractivity contribution is 0.145. The van der Waals surface area contributed by atoms with Crippen LogP contribution in [0.15, 0.2) is 20.1 Å². The van der Waals surface area contributed by atoms with Crippen LogP contribution >= 0.6 is 39.0 Å². The molecule has 0 unspecified atom stereocenters. The zero-order valence-corrected chi connectivity index (χ0v) is 16.4. The van der Waals surface area contributed by atoms with Gasteiger partial charge in [0.25, 0.3) is 0 Å². The number of thioether (sulfide) groups is 1. The Bertz CT molecular complexity index is 591. The zero-order valence-electron chi connectivity index (χ0n) is 12.3. The molecule has 3 heterocycles. The van der Waals surface area contributed by atoms with Gasteiger partial charge in [0.05, 0.1) is 3.79 Å². The highest BCUT2D eigenvalue weighted by Gasteiger charge is 2.28. The number of rotatable bonds is 5. The zero-order chi connectivity index (χ0) is 15.6. The van der Waals surface area contributed by atoms with Gasteiger partial charge in [-0.05, 0) is 72.1 Å². The molecule has 8 heteroatoms. The van der Waals surface area contributed by atoms with Crippen LogP contribution in [0.1, 0.15) is 19.3 Å². The maximum Gasteiger partial charge on any atom is 0.250 e. The van der Waals surface area contributed by atoms with E-state index in [1.54, 1.807) is 12.1 Å². The van der Waals surface area contributed by atoms with Crippen molar-refractivity contribution in [3.63, 3.8) is 0 Å². The van der Waals surface area contributed by atoms with Crippen LogP contribution in [-0.2, 0) is 10.0 Å². The predicted octanol–water partition coefficient (Wildman–Crippen LogP) is 3.01. The Balaban J connectivity index is 1.47. The average Bonchev–Trinajstić information content (AvgIpc) is 3.17. The fourth-order valence-electron chi connectivity index (χ4n) is 3.07. The molecule has 2 aliphatic rings. The molecule has 1 atom stereocenters. The van der Waals surface area contributed by atoms with Crippen LogP contribution < -0.4 is 4.72 Å². The maximum atomic E-state index is 12.2. The molecule has 0 amide bonds. The second-order valence-corrected chi connectivity index (χ2v) is 11.5. The molecule has 0 radical (unpaired) electrons. The number of halogens is 1. The molecule has 2 fully saturated rings. The molecule has 2 aliphatic heterocycles. The highest BCUT2D eigenvalue weighted by atomic mass is 79.9. The summed E-state index contributed by atoms with van der Waals surface area (Å²) in [7, 11) is -3.35. The van der Waals surface area contributed by atoms with E-state index in [1.165, 1.54) is 29.3 Å². The second kappa shape index (κ2) is 7.53. The Morgan fingerprint density at radius 2 is 2.05 bits per heavy atom. The summed E-state index contributed by atoms with van der Waals surface area (Å²) in [5.41, 5.74) is 0. The van der Waals surface area contributed by atoms with Gasteiger partial charge in [0.1, 0.15) is 4.21 Å². The normalized spacial score (nSPS) is 24.9. The Kier molecular flexibility index (Phi) is 5.89. The van der Waals surface area contributed by atoms with Gasteiger partial charge < -0.3 is 0 Å². The van der Waals surface area contributed by atoms with E-state index in [4.69, 9.17) is 0 Å². The van der Waals surface area contributed by atoms with E-state index in [1.807, 2.05) is 0 Å². The third-order valence-electron chi connectivity index (χ3n) is 4.45. The SMILES string of the molecule is O=S(=O)(NCC1CCN([C@@H]2CCSC2)CC1)c1ccc(Br)s1. The minimum absolute atomic E-state index is 0.389. The third kappa shape index (κ3) is 4.27. The van der Waals surface area contributed by atoms with Crippen molar-refractivity contribution >= 4 is 49.1 Å². The largest absolute Gasteiger partial charge is 0.300 e. The van der Waals surface area contributed by atoms with Crippen LogP contribution in [0.4, 0.5) is 0 Å². The van der Waals surface area contributed by atoms with Crippen molar-refractivity contribution in [3.8, 4) is 0 Å². The summed E-state index contributed by atoms with van der Waals surface area (Å²) < 4.78 is 28.5. The van der Waals surface area contributed by atoms with E-state index in [0.717, 1.165) is 35.8 Å². The molecule has 124 valence electrons. The molecule has 1 aromatic heterocycles. The molecular weight excluding hydrogens is 404 g/mol. The third-order valence-corrected chi connectivity index (χ3v) is 9.13. The lowest BCUT2D eigenvalue weighted by Gasteiger charge is -2.35. The number of likely N-dealkylation sites (tertiary alicyclic amines) is 1. The number of hydrogen-bond acceptors (Lipinski definition) is 5. The smallest absolute Gasteiger partial charge is 0.250 e. The van der Waals surface area contributed by atoms with Gasteiger partial charge in [0.15, 0.2) is 0 Å². The van der Waals surface area contributed by atoms with Gasteiger partial charge in [-0.2, -0.15) is 11.8 Å². The number of sulfonamides is 1. The van der Waals surface area contributed by atoms with Crippen molar-refractivity contribution in [2.45, 2.75) is 29.5 Å². The summed E-state index contributed by atoms with van der Waals surface area (Å²) >= 11 is 6.62. The molecule has 1 N–H and O–H groups in total. The van der Waals surface area contributed by atoms with Crippen LogP contribution in [0, 0.1) is 5.92 Å². The van der Waals surface area contributed by atoms with Crippen molar-refractivity contribution in [1.29, 1.82) is 0 Å². The first kappa shape index (κ1) is 17.2. The fraction of sp³-hybridized carbons (Fsp3) is 0.714. The van der Waals surface area contributed by atoms with Crippen molar-refractivity contribution in [1.82, 2.24) is 9.62 Å². The highest BCUT2D eigenvalue weighted by molar-refractivity contribution is 9.11. The van der Waals surface area contributed by atoms with E-state index in [2.05, 4.69) is 37.3 Å². The summed E-state index contributed by atoms with van der Waals surface area (Å²) in [5, 5.41) is 0. The summed E-state index contributed by atoms with van der Waals surface area (Å²) in [6.45, 7) is 2.79. The minimum atomic E-state index is -3.35. The molecule has 0 saturated carbocycles. The van der Waals surface area contributed by atoms with E-state index >= 15 is 0 Å². The van der Waals surface area contributed by atoms with Crippen molar-refractivity contribution in [2.75, 3.05) is 31.1 Å². The topological polar surface area (TPSA) is 49.4 Å². The molecule has 0 aromatic carbocycles. The lowest BCUT2D eigenvalue weighted by Crippen LogP contribution is -2.43. The molecular formula is C14H21BrN2O2S3. The van der Waals surface area contributed by atoms with Gasteiger partial charge in [0, 0.05) is 18.3 Å². The molecule has 0 bridgehead atoms. The number of piperidine rings is 1. The van der Waals surface area contributed by atoms with Gasteiger partial charge in [0.2, 0.25) is 10.0 Å². The first-order chi connectivity index (χ1) is 10.5. The minimum Gasteiger partial charge on any atom is -0.300 e. The van der Waals surface area contributed by atoms with Crippen LogP contribution in [0.5, 0.6) is 0 Å². The van der Waals surface area contributed by atoms with Gasteiger partial charge in [-0.25, -0.2) is 13.1 Å². The Labute approximate surface area is 149 Å². The molecule has 22 heavy (non-hydrogen) atoms. The Morgan fingerprint density at radius 3 is 2.64 bits per heavy atom. The Hall–Kier alpha value is 0.400. The van der Waals surface area contributed by atoms with Gasteiger partial charge >= 0.3 is 0 Å². The standard InChI is InChI=1S/C14H21BrN2O2S3/c15-13-1-2-14(21-13)22(18,19)16-9-11-3-6-17(7-4-11)12-5-8-20-10-12/h1-2,11-12,16H,3-10H2/t12-/m1/s1. The van der Waals surface area contributed by atoms with E-state index < -0.39 is 10.0 Å². The maximum absolute atomic E-state index is 12.2. The van der Waals surface area contributed by atoms with E-state index in [-0.39, 0.29) is 0 Å². The van der Waals surface area contributed by atoms with Gasteiger partial charge in [-0.15, -0.1) is 11.3 Å². The van der Waals surface area contributed by atoms with Gasteiger partial charge in [-0.3, -0.25) is 4.90 Å². The predicted molar refractivity (Wildman–Crippen MR) is 97.2 cm³/mol. The number of hydrogen-bond donors (Lipinski definition) is 1. The first-order valence-electron chi connectivity index (χ1n) is 7.61. The van der Waals surface area contributed by atoms with E-state index in [0.29, 0.717) is 16.7 Å². The summed E-state index contributed by atoms with van der Waals surface area (Å²) in [4.78, 5) is 2.60. The second-order valence-electron chi connectivity index (χ2n) is 5.91. The number of thiophene rings is 1. The summed E-state index contributed by atoms with van der Waals surface area (Å²) in [6.07, 6.45) is 3.50. The first-order valence-corrected chi connectivity index (χ1v) is 11.9. The summed E-state index contributed by atoms with van der Waals surface area (Å²) in [6, 6.07) is 4.18. The molecule has 3 rings (SSSR count). The van der Waals surface area contributed by atoms with E-state index in [9.17, 15) is 8.42 Å². The molecule has 1 aromatic rings. The quantitative estimate of drug-likeness (QED) is 0.788. The summed E-state index contributed by atoms with van der Waals surface area (Å²) in [5.74, 6) is 3.02. The molecule has 2 saturated heterocycles. The molecule has 0 aliphatic carbocycles. The van der Waals surface area contributed by atoms with Crippen LogP contribution in [-0.4, -0.2) is 50.5 Å². The van der Waals surface area contributed by atoms with Crippen LogP contribution in [0.2, 0.25) is 0 Å². The van der Waals surface area contributed by atoms with Gasteiger partial charge in [-0.1, -0.05) is 0 Å².